The van der Waals surface area contributed by atoms with Gasteiger partial charge in [0.1, 0.15) is 0 Å². The zero-order chi connectivity index (χ0) is 19.6. The van der Waals surface area contributed by atoms with Crippen molar-refractivity contribution in [3.05, 3.63) is 0 Å². The molecule has 0 aliphatic heterocycles. The average Bonchev–Trinajstić information content (AvgIpc) is 2.84. The molecule has 0 saturated heterocycles. The van der Waals surface area contributed by atoms with Crippen molar-refractivity contribution in [1.82, 2.24) is 0 Å². The van der Waals surface area contributed by atoms with Crippen molar-refractivity contribution in [3.8, 4) is 0 Å². The molecule has 4 unspecified atom stereocenters. The van der Waals surface area contributed by atoms with Gasteiger partial charge in [-0.05, 0) is 69.0 Å². The van der Waals surface area contributed by atoms with E-state index in [4.69, 9.17) is 4.43 Å². The van der Waals surface area contributed by atoms with Crippen LogP contribution in [0.1, 0.15) is 105 Å². The van der Waals surface area contributed by atoms with Crippen molar-refractivity contribution >= 4 is 8.32 Å². The number of unbranched alkanes of at least 4 members (excludes halogenated alkanes) is 4. The smallest absolute Gasteiger partial charge is 0.184 e. The predicted octanol–water partition coefficient (Wildman–Crippen LogP) is 8.45. The minimum atomic E-state index is -1.51. The van der Waals surface area contributed by atoms with Crippen molar-refractivity contribution in [2.45, 2.75) is 130 Å². The van der Waals surface area contributed by atoms with Crippen LogP contribution in [0.2, 0.25) is 19.6 Å². The molecule has 0 heterocycles. The SMILES string of the molecule is CCCCC1C(CCCC)C(CCCC)C(O[Si](C)(C)C)C1CCCC. The van der Waals surface area contributed by atoms with Crippen molar-refractivity contribution in [2.24, 2.45) is 23.7 Å². The summed E-state index contributed by atoms with van der Waals surface area (Å²) in [7, 11) is -1.51. The summed E-state index contributed by atoms with van der Waals surface area (Å²) in [5.74, 6) is 3.52. The Kier molecular flexibility index (Phi) is 11.7. The molecule has 1 fully saturated rings. The Hall–Kier alpha value is 0.177. The second kappa shape index (κ2) is 12.6. The van der Waals surface area contributed by atoms with Crippen LogP contribution < -0.4 is 0 Å². The van der Waals surface area contributed by atoms with Crippen molar-refractivity contribution in [1.29, 1.82) is 0 Å². The third-order valence-electron chi connectivity index (χ3n) is 6.55. The van der Waals surface area contributed by atoms with Gasteiger partial charge in [-0.2, -0.15) is 0 Å². The lowest BCUT2D eigenvalue weighted by Gasteiger charge is -2.33. The molecule has 0 aromatic heterocycles. The Balaban J connectivity index is 3.12. The van der Waals surface area contributed by atoms with Gasteiger partial charge in [0.05, 0.1) is 6.10 Å². The fourth-order valence-corrected chi connectivity index (χ4v) is 6.56. The molecule has 1 nitrogen and oxygen atoms in total. The normalized spacial score (nSPS) is 29.4. The van der Waals surface area contributed by atoms with E-state index in [1.54, 1.807) is 0 Å². The molecule has 156 valence electrons. The average molecular weight is 383 g/mol. The standard InChI is InChI=1S/C24H50OSi/c1-8-12-16-20-21(17-13-9-2)23(19-15-11-4)24(25-26(5,6)7)22(20)18-14-10-3/h20-24H,8-19H2,1-7H3. The minimum absolute atomic E-state index is 0.559. The van der Waals surface area contributed by atoms with Crippen LogP contribution in [0.5, 0.6) is 0 Å². The molecule has 0 amide bonds. The molecule has 1 saturated carbocycles. The molecule has 2 heteroatoms. The van der Waals surface area contributed by atoms with Gasteiger partial charge >= 0.3 is 0 Å². The number of hydrogen-bond donors (Lipinski definition) is 0. The third-order valence-corrected chi connectivity index (χ3v) is 7.53. The first kappa shape index (κ1) is 24.2. The predicted molar refractivity (Wildman–Crippen MR) is 120 cm³/mol. The maximum atomic E-state index is 6.98. The van der Waals surface area contributed by atoms with Crippen LogP contribution in [0.3, 0.4) is 0 Å². The van der Waals surface area contributed by atoms with Crippen LogP contribution in [-0.2, 0) is 4.43 Å². The summed E-state index contributed by atoms with van der Waals surface area (Å²) >= 11 is 0. The summed E-state index contributed by atoms with van der Waals surface area (Å²) in [5, 5.41) is 0. The van der Waals surface area contributed by atoms with Gasteiger partial charge in [-0.15, -0.1) is 0 Å². The highest BCUT2D eigenvalue weighted by Gasteiger charge is 2.49. The molecular weight excluding hydrogens is 332 g/mol. The van der Waals surface area contributed by atoms with Gasteiger partial charge in [-0.25, -0.2) is 0 Å². The van der Waals surface area contributed by atoms with Crippen molar-refractivity contribution in [3.63, 3.8) is 0 Å². The monoisotopic (exact) mass is 382 g/mol. The van der Waals surface area contributed by atoms with Gasteiger partial charge in [0.25, 0.3) is 0 Å². The van der Waals surface area contributed by atoms with E-state index in [1.165, 1.54) is 77.0 Å². The second-order valence-corrected chi connectivity index (χ2v) is 14.4. The van der Waals surface area contributed by atoms with Crippen LogP contribution in [0.25, 0.3) is 0 Å². The lowest BCUT2D eigenvalue weighted by Crippen LogP contribution is -2.38. The maximum Gasteiger partial charge on any atom is 0.184 e. The molecule has 0 aromatic carbocycles. The minimum Gasteiger partial charge on any atom is -0.414 e. The molecule has 1 rings (SSSR count). The molecule has 1 aliphatic rings. The zero-order valence-electron chi connectivity index (χ0n) is 19.3. The Morgan fingerprint density at radius 3 is 1.12 bits per heavy atom. The van der Waals surface area contributed by atoms with Crippen LogP contribution in [0.15, 0.2) is 0 Å². The first-order valence-corrected chi connectivity index (χ1v) is 15.5. The summed E-state index contributed by atoms with van der Waals surface area (Å²) in [6.07, 6.45) is 17.2. The summed E-state index contributed by atoms with van der Waals surface area (Å²) in [6, 6.07) is 0. The largest absolute Gasteiger partial charge is 0.414 e. The van der Waals surface area contributed by atoms with Gasteiger partial charge < -0.3 is 4.43 Å². The van der Waals surface area contributed by atoms with E-state index in [0.717, 1.165) is 23.7 Å². The summed E-state index contributed by atoms with van der Waals surface area (Å²) in [5.41, 5.74) is 0. The highest BCUT2D eigenvalue weighted by molar-refractivity contribution is 6.69. The Morgan fingerprint density at radius 1 is 0.538 bits per heavy atom. The van der Waals surface area contributed by atoms with E-state index < -0.39 is 8.32 Å². The number of hydrogen-bond acceptors (Lipinski definition) is 1. The quantitative estimate of drug-likeness (QED) is 0.274. The van der Waals surface area contributed by atoms with E-state index in [0.29, 0.717) is 6.10 Å². The third kappa shape index (κ3) is 7.66. The maximum absolute atomic E-state index is 6.98. The molecular formula is C24H50OSi. The second-order valence-electron chi connectivity index (χ2n) is 9.92. The van der Waals surface area contributed by atoms with Crippen molar-refractivity contribution < 1.29 is 4.43 Å². The van der Waals surface area contributed by atoms with Gasteiger partial charge in [0.2, 0.25) is 0 Å². The van der Waals surface area contributed by atoms with E-state index in [-0.39, 0.29) is 0 Å². The van der Waals surface area contributed by atoms with Crippen molar-refractivity contribution in [2.75, 3.05) is 0 Å². The molecule has 4 atom stereocenters. The summed E-state index contributed by atoms with van der Waals surface area (Å²) in [6.45, 7) is 16.6. The highest BCUT2D eigenvalue weighted by Crippen LogP contribution is 2.52. The first-order valence-electron chi connectivity index (χ1n) is 12.1. The first-order chi connectivity index (χ1) is 12.4. The fourth-order valence-electron chi connectivity index (χ4n) is 5.40. The van der Waals surface area contributed by atoms with Crippen LogP contribution in [0, 0.1) is 23.7 Å². The van der Waals surface area contributed by atoms with E-state index in [9.17, 15) is 0 Å². The molecule has 0 radical (unpaired) electrons. The topological polar surface area (TPSA) is 9.23 Å². The zero-order valence-corrected chi connectivity index (χ0v) is 20.3. The lowest BCUT2D eigenvalue weighted by molar-refractivity contribution is 0.0856. The molecule has 0 spiro atoms. The molecule has 1 aliphatic carbocycles. The van der Waals surface area contributed by atoms with E-state index in [2.05, 4.69) is 47.3 Å². The molecule has 26 heavy (non-hydrogen) atoms. The molecule has 0 N–H and O–H groups in total. The molecule has 0 bridgehead atoms. The Morgan fingerprint density at radius 2 is 0.846 bits per heavy atom. The lowest BCUT2D eigenvalue weighted by atomic mass is 9.78. The fraction of sp³-hybridized carbons (Fsp3) is 1.00. The van der Waals surface area contributed by atoms with Gasteiger partial charge in [0.15, 0.2) is 8.32 Å². The van der Waals surface area contributed by atoms with Gasteiger partial charge in [-0.3, -0.25) is 0 Å². The number of rotatable bonds is 14. The van der Waals surface area contributed by atoms with Gasteiger partial charge in [0, 0.05) is 0 Å². The van der Waals surface area contributed by atoms with Crippen LogP contribution in [0.4, 0.5) is 0 Å². The summed E-state index contributed by atoms with van der Waals surface area (Å²) in [4.78, 5) is 0. The highest BCUT2D eigenvalue weighted by atomic mass is 28.4. The van der Waals surface area contributed by atoms with Crippen LogP contribution >= 0.6 is 0 Å². The van der Waals surface area contributed by atoms with Gasteiger partial charge in [-0.1, -0.05) is 79.1 Å². The summed E-state index contributed by atoms with van der Waals surface area (Å²) < 4.78 is 6.98. The van der Waals surface area contributed by atoms with E-state index >= 15 is 0 Å². The Labute approximate surface area is 167 Å². The van der Waals surface area contributed by atoms with Crippen LogP contribution in [-0.4, -0.2) is 14.4 Å². The Bertz CT molecular complexity index is 323. The van der Waals surface area contributed by atoms with E-state index in [1.807, 2.05) is 0 Å². The molecule has 0 aromatic rings.